The third-order valence-corrected chi connectivity index (χ3v) is 5.12. The maximum atomic E-state index is 12.2. The minimum Gasteiger partial charge on any atom is -0.468 e. The monoisotopic (exact) mass is 255 g/mol. The smallest absolute Gasteiger partial charge is 0.317 e. The first-order chi connectivity index (χ1) is 8.64. The second-order valence-electron chi connectivity index (χ2n) is 5.96. The predicted octanol–water partition coefficient (Wildman–Crippen LogP) is 0.144. The number of nitrogens with zero attached hydrogens (tertiary/aromatic N) is 1. The third-order valence-electron chi connectivity index (χ3n) is 5.12. The molecular weight excluding hydrogens is 234 g/mol. The molecule has 0 saturated carbocycles. The summed E-state index contributed by atoms with van der Waals surface area (Å²) in [5, 5.41) is 0. The number of rotatable bonds is 3. The molecule has 3 aliphatic rings. The van der Waals surface area contributed by atoms with Crippen molar-refractivity contribution < 1.29 is 19.0 Å². The largest absolute Gasteiger partial charge is 0.468 e. The van der Waals surface area contributed by atoms with Gasteiger partial charge in [0.1, 0.15) is 5.41 Å². The Hall–Kier alpha value is -0.650. The summed E-state index contributed by atoms with van der Waals surface area (Å²) in [6, 6.07) is 0. The van der Waals surface area contributed by atoms with E-state index in [1.807, 2.05) is 0 Å². The Morgan fingerprint density at radius 1 is 1.28 bits per heavy atom. The normalized spacial score (nSPS) is 33.6. The van der Waals surface area contributed by atoms with E-state index in [2.05, 4.69) is 11.9 Å². The highest BCUT2D eigenvalue weighted by Crippen LogP contribution is 2.57. The number of esters is 1. The molecule has 3 heterocycles. The minimum absolute atomic E-state index is 0.0664. The van der Waals surface area contributed by atoms with Crippen molar-refractivity contribution in [1.82, 2.24) is 4.90 Å². The Bertz CT molecular complexity index is 349. The van der Waals surface area contributed by atoms with Gasteiger partial charge >= 0.3 is 5.97 Å². The molecular formula is C13H21NO4. The van der Waals surface area contributed by atoms with Crippen LogP contribution in [-0.4, -0.2) is 64.5 Å². The number of carbonyl (C=O) groups is 1. The SMILES string of the molecule is COC(=O)C1(C2(C3CCN(C)C3)COC2)COC1. The highest BCUT2D eigenvalue weighted by Gasteiger charge is 2.68. The molecule has 3 saturated heterocycles. The molecule has 3 aliphatic heterocycles. The summed E-state index contributed by atoms with van der Waals surface area (Å²) in [6.45, 7) is 4.47. The molecule has 1 unspecified atom stereocenters. The van der Waals surface area contributed by atoms with Crippen LogP contribution in [-0.2, 0) is 19.0 Å². The summed E-state index contributed by atoms with van der Waals surface area (Å²) in [4.78, 5) is 14.6. The summed E-state index contributed by atoms with van der Waals surface area (Å²) < 4.78 is 15.9. The number of carbonyl (C=O) groups excluding carboxylic acids is 1. The van der Waals surface area contributed by atoms with Crippen LogP contribution < -0.4 is 0 Å². The van der Waals surface area contributed by atoms with Crippen LogP contribution in [0.2, 0.25) is 0 Å². The molecule has 0 N–H and O–H groups in total. The molecule has 102 valence electrons. The van der Waals surface area contributed by atoms with Crippen molar-refractivity contribution in [3.05, 3.63) is 0 Å². The molecule has 0 aromatic rings. The van der Waals surface area contributed by atoms with Gasteiger partial charge in [-0.3, -0.25) is 4.79 Å². The molecule has 0 spiro atoms. The molecule has 0 radical (unpaired) electrons. The Balaban J connectivity index is 1.88. The van der Waals surface area contributed by atoms with Crippen molar-refractivity contribution in [2.45, 2.75) is 6.42 Å². The molecule has 0 aliphatic carbocycles. The summed E-state index contributed by atoms with van der Waals surface area (Å²) in [5.41, 5.74) is -0.529. The van der Waals surface area contributed by atoms with E-state index in [0.717, 1.165) is 19.5 Å². The fraction of sp³-hybridized carbons (Fsp3) is 0.923. The summed E-state index contributed by atoms with van der Waals surface area (Å²) >= 11 is 0. The number of likely N-dealkylation sites (tertiary alicyclic amines) is 1. The molecule has 0 aromatic heterocycles. The van der Waals surface area contributed by atoms with Crippen LogP contribution in [0.25, 0.3) is 0 Å². The van der Waals surface area contributed by atoms with E-state index in [-0.39, 0.29) is 11.4 Å². The van der Waals surface area contributed by atoms with Crippen LogP contribution in [0.5, 0.6) is 0 Å². The van der Waals surface area contributed by atoms with Crippen LogP contribution >= 0.6 is 0 Å². The van der Waals surface area contributed by atoms with Crippen LogP contribution in [0.1, 0.15) is 6.42 Å². The summed E-state index contributed by atoms with van der Waals surface area (Å²) in [6.07, 6.45) is 1.14. The second-order valence-corrected chi connectivity index (χ2v) is 5.96. The van der Waals surface area contributed by atoms with Crippen molar-refractivity contribution >= 4 is 5.97 Å². The quantitative estimate of drug-likeness (QED) is 0.672. The lowest BCUT2D eigenvalue weighted by molar-refractivity contribution is -0.284. The molecule has 18 heavy (non-hydrogen) atoms. The molecule has 5 nitrogen and oxygen atoms in total. The second kappa shape index (κ2) is 4.18. The highest BCUT2D eigenvalue weighted by atomic mass is 16.6. The zero-order chi connectivity index (χ0) is 12.8. The van der Waals surface area contributed by atoms with Crippen molar-refractivity contribution in [3.8, 4) is 0 Å². The van der Waals surface area contributed by atoms with E-state index in [1.54, 1.807) is 0 Å². The Labute approximate surface area is 107 Å². The van der Waals surface area contributed by atoms with Crippen molar-refractivity contribution in [3.63, 3.8) is 0 Å². The maximum absolute atomic E-state index is 12.2. The lowest BCUT2D eigenvalue weighted by Crippen LogP contribution is -2.70. The number of hydrogen-bond acceptors (Lipinski definition) is 5. The first kappa shape index (κ1) is 12.4. The zero-order valence-corrected chi connectivity index (χ0v) is 11.1. The van der Waals surface area contributed by atoms with Crippen LogP contribution in [0.3, 0.4) is 0 Å². The van der Waals surface area contributed by atoms with E-state index in [1.165, 1.54) is 7.11 Å². The van der Waals surface area contributed by atoms with Gasteiger partial charge in [-0.05, 0) is 25.9 Å². The van der Waals surface area contributed by atoms with E-state index in [4.69, 9.17) is 14.2 Å². The van der Waals surface area contributed by atoms with Crippen molar-refractivity contribution in [2.24, 2.45) is 16.7 Å². The molecule has 5 heteroatoms. The van der Waals surface area contributed by atoms with Gasteiger partial charge in [0.25, 0.3) is 0 Å². The van der Waals surface area contributed by atoms with Gasteiger partial charge in [0.2, 0.25) is 0 Å². The third kappa shape index (κ3) is 1.41. The van der Waals surface area contributed by atoms with E-state index in [9.17, 15) is 4.79 Å². The average Bonchev–Trinajstić information content (AvgIpc) is 2.66. The van der Waals surface area contributed by atoms with Gasteiger partial charge in [0.15, 0.2) is 0 Å². The van der Waals surface area contributed by atoms with Crippen LogP contribution in [0, 0.1) is 16.7 Å². The van der Waals surface area contributed by atoms with Gasteiger partial charge in [-0.1, -0.05) is 0 Å². The standard InChI is InChI=1S/C13H21NO4/c1-14-4-3-10(5-14)12(6-17-7-12)13(8-18-9-13)11(15)16-2/h10H,3-9H2,1-2H3. The number of methoxy groups -OCH3 is 1. The fourth-order valence-electron chi connectivity index (χ4n) is 3.72. The first-order valence-corrected chi connectivity index (χ1v) is 6.57. The topological polar surface area (TPSA) is 48.0 Å². The zero-order valence-electron chi connectivity index (χ0n) is 11.1. The Kier molecular flexibility index (Phi) is 2.88. The van der Waals surface area contributed by atoms with E-state index < -0.39 is 5.41 Å². The van der Waals surface area contributed by atoms with Gasteiger partial charge < -0.3 is 19.1 Å². The maximum Gasteiger partial charge on any atom is 0.317 e. The lowest BCUT2D eigenvalue weighted by atomic mass is 9.54. The summed E-state index contributed by atoms with van der Waals surface area (Å²) in [5.74, 6) is 0.394. The lowest BCUT2D eigenvalue weighted by Gasteiger charge is -2.59. The molecule has 1 atom stereocenters. The fourth-order valence-corrected chi connectivity index (χ4v) is 3.72. The van der Waals surface area contributed by atoms with Gasteiger partial charge in [-0.25, -0.2) is 0 Å². The Morgan fingerprint density at radius 3 is 2.28 bits per heavy atom. The van der Waals surface area contributed by atoms with E-state index in [0.29, 0.717) is 32.3 Å². The average molecular weight is 255 g/mol. The van der Waals surface area contributed by atoms with Crippen molar-refractivity contribution in [2.75, 3.05) is 53.7 Å². The van der Waals surface area contributed by atoms with E-state index >= 15 is 0 Å². The molecule has 0 bridgehead atoms. The first-order valence-electron chi connectivity index (χ1n) is 6.57. The van der Waals surface area contributed by atoms with Gasteiger partial charge in [-0.15, -0.1) is 0 Å². The van der Waals surface area contributed by atoms with Crippen LogP contribution in [0.15, 0.2) is 0 Å². The highest BCUT2D eigenvalue weighted by molar-refractivity contribution is 5.79. The van der Waals surface area contributed by atoms with Gasteiger partial charge in [-0.2, -0.15) is 0 Å². The van der Waals surface area contributed by atoms with Crippen molar-refractivity contribution in [1.29, 1.82) is 0 Å². The minimum atomic E-state index is -0.462. The van der Waals surface area contributed by atoms with Gasteiger partial charge in [0, 0.05) is 12.0 Å². The van der Waals surface area contributed by atoms with Crippen LogP contribution in [0.4, 0.5) is 0 Å². The van der Waals surface area contributed by atoms with Gasteiger partial charge in [0.05, 0.1) is 33.5 Å². The summed E-state index contributed by atoms with van der Waals surface area (Å²) in [7, 11) is 3.60. The molecule has 0 aromatic carbocycles. The molecule has 3 fully saturated rings. The Morgan fingerprint density at radius 2 is 1.94 bits per heavy atom. The molecule has 0 amide bonds. The number of hydrogen-bond donors (Lipinski definition) is 0. The predicted molar refractivity (Wildman–Crippen MR) is 64.1 cm³/mol. The number of ether oxygens (including phenoxy) is 3. The molecule has 3 rings (SSSR count).